The van der Waals surface area contributed by atoms with Gasteiger partial charge in [-0.05, 0) is 41.9 Å². The molecule has 102 valence electrons. The first-order valence-corrected chi connectivity index (χ1v) is 8.49. The summed E-state index contributed by atoms with van der Waals surface area (Å²) < 4.78 is 1.81. The van der Waals surface area contributed by atoms with E-state index in [0.717, 1.165) is 8.81 Å². The minimum absolute atomic E-state index is 0.293. The van der Waals surface area contributed by atoms with Crippen molar-refractivity contribution in [3.05, 3.63) is 19.8 Å². The molecule has 0 radical (unpaired) electrons. The standard InChI is InChI=1S/C13H20BrClN2S/c1-17(9-5-3-2-4-6-9)11(8-16)12-7-10(14)13(15)18-12/h7,9,11H,2-6,8,16H2,1H3. The van der Waals surface area contributed by atoms with E-state index >= 15 is 0 Å². The molecule has 1 aromatic heterocycles. The molecule has 2 rings (SSSR count). The van der Waals surface area contributed by atoms with Gasteiger partial charge in [0.1, 0.15) is 4.34 Å². The summed E-state index contributed by atoms with van der Waals surface area (Å²) in [5, 5.41) is 0. The lowest BCUT2D eigenvalue weighted by Gasteiger charge is -2.36. The van der Waals surface area contributed by atoms with Crippen molar-refractivity contribution in [2.75, 3.05) is 13.6 Å². The van der Waals surface area contributed by atoms with Gasteiger partial charge >= 0.3 is 0 Å². The maximum atomic E-state index is 6.13. The van der Waals surface area contributed by atoms with Gasteiger partial charge in [0.2, 0.25) is 0 Å². The third kappa shape index (κ3) is 3.28. The van der Waals surface area contributed by atoms with Gasteiger partial charge in [0.25, 0.3) is 0 Å². The minimum Gasteiger partial charge on any atom is -0.329 e. The molecule has 1 heterocycles. The van der Waals surface area contributed by atoms with Crippen LogP contribution in [0.3, 0.4) is 0 Å². The molecule has 18 heavy (non-hydrogen) atoms. The SMILES string of the molecule is CN(C1CCCCC1)C(CN)c1cc(Br)c(Cl)s1. The van der Waals surface area contributed by atoms with Crippen LogP contribution in [-0.2, 0) is 0 Å². The van der Waals surface area contributed by atoms with Gasteiger partial charge < -0.3 is 5.73 Å². The highest BCUT2D eigenvalue weighted by Crippen LogP contribution is 2.38. The van der Waals surface area contributed by atoms with Crippen LogP contribution in [0.25, 0.3) is 0 Å². The number of thiophene rings is 1. The summed E-state index contributed by atoms with van der Waals surface area (Å²) in [5.74, 6) is 0. The molecule has 0 spiro atoms. The summed E-state index contributed by atoms with van der Waals surface area (Å²) in [7, 11) is 2.20. The Kier molecular flexibility index (Phi) is 5.51. The van der Waals surface area contributed by atoms with Gasteiger partial charge in [-0.2, -0.15) is 0 Å². The fourth-order valence-electron chi connectivity index (χ4n) is 2.75. The van der Waals surface area contributed by atoms with Gasteiger partial charge in [-0.3, -0.25) is 4.90 Å². The normalized spacial score (nSPS) is 19.4. The van der Waals surface area contributed by atoms with Crippen molar-refractivity contribution in [2.45, 2.75) is 44.2 Å². The van der Waals surface area contributed by atoms with Gasteiger partial charge in [-0.15, -0.1) is 11.3 Å². The quantitative estimate of drug-likeness (QED) is 0.869. The molecular weight excluding hydrogens is 332 g/mol. The second-order valence-corrected chi connectivity index (χ2v) is 7.52. The first kappa shape index (κ1) is 14.8. The Morgan fingerprint density at radius 2 is 2.17 bits per heavy atom. The Balaban J connectivity index is 2.11. The monoisotopic (exact) mass is 350 g/mol. The maximum Gasteiger partial charge on any atom is 0.107 e. The van der Waals surface area contributed by atoms with Gasteiger partial charge in [0, 0.05) is 21.9 Å². The molecule has 0 aliphatic heterocycles. The van der Waals surface area contributed by atoms with Crippen molar-refractivity contribution >= 4 is 38.9 Å². The van der Waals surface area contributed by atoms with Gasteiger partial charge in [-0.1, -0.05) is 30.9 Å². The van der Waals surface area contributed by atoms with Crippen molar-refractivity contribution < 1.29 is 0 Å². The number of rotatable bonds is 4. The second-order valence-electron chi connectivity index (χ2n) is 4.98. The Bertz CT molecular complexity index is 371. The number of hydrogen-bond acceptors (Lipinski definition) is 3. The van der Waals surface area contributed by atoms with Crippen LogP contribution in [0, 0.1) is 0 Å². The molecule has 1 atom stereocenters. The zero-order chi connectivity index (χ0) is 13.1. The van der Waals surface area contributed by atoms with Crippen LogP contribution < -0.4 is 5.73 Å². The van der Waals surface area contributed by atoms with E-state index in [4.69, 9.17) is 17.3 Å². The zero-order valence-electron chi connectivity index (χ0n) is 10.7. The number of halogens is 2. The molecule has 5 heteroatoms. The summed E-state index contributed by atoms with van der Waals surface area (Å²) >= 11 is 11.2. The Labute approximate surface area is 127 Å². The fourth-order valence-corrected chi connectivity index (χ4v) is 4.65. The van der Waals surface area contributed by atoms with Crippen molar-refractivity contribution in [2.24, 2.45) is 5.73 Å². The minimum atomic E-state index is 0.293. The van der Waals surface area contributed by atoms with E-state index in [1.165, 1.54) is 37.0 Å². The molecule has 0 saturated heterocycles. The molecular formula is C13H20BrClN2S. The van der Waals surface area contributed by atoms with Crippen LogP contribution >= 0.6 is 38.9 Å². The Hall–Kier alpha value is 0.390. The predicted molar refractivity (Wildman–Crippen MR) is 83.5 cm³/mol. The molecule has 2 N–H and O–H groups in total. The highest BCUT2D eigenvalue weighted by atomic mass is 79.9. The second kappa shape index (κ2) is 6.71. The molecule has 1 aliphatic carbocycles. The molecule has 0 aromatic carbocycles. The lowest BCUT2D eigenvalue weighted by molar-refractivity contribution is 0.142. The molecule has 0 amide bonds. The molecule has 0 bridgehead atoms. The van der Waals surface area contributed by atoms with Gasteiger partial charge in [-0.25, -0.2) is 0 Å². The van der Waals surface area contributed by atoms with Crippen LogP contribution in [-0.4, -0.2) is 24.5 Å². The van der Waals surface area contributed by atoms with Crippen LogP contribution in [0.15, 0.2) is 10.5 Å². The van der Waals surface area contributed by atoms with Gasteiger partial charge in [0.15, 0.2) is 0 Å². The molecule has 1 unspecified atom stereocenters. The van der Waals surface area contributed by atoms with E-state index < -0.39 is 0 Å². The largest absolute Gasteiger partial charge is 0.329 e. The Morgan fingerprint density at radius 3 is 2.67 bits per heavy atom. The summed E-state index contributed by atoms with van der Waals surface area (Å²) in [6.07, 6.45) is 6.68. The van der Waals surface area contributed by atoms with Crippen LogP contribution in [0.1, 0.15) is 43.0 Å². The smallest absolute Gasteiger partial charge is 0.107 e. The van der Waals surface area contributed by atoms with E-state index in [-0.39, 0.29) is 0 Å². The topological polar surface area (TPSA) is 29.3 Å². The van der Waals surface area contributed by atoms with E-state index in [2.05, 4.69) is 33.9 Å². The van der Waals surface area contributed by atoms with Crippen molar-refractivity contribution in [1.29, 1.82) is 0 Å². The predicted octanol–water partition coefficient (Wildman–Crippen LogP) is 4.43. The third-order valence-corrected chi connectivity index (χ3v) is 6.43. The summed E-state index contributed by atoms with van der Waals surface area (Å²) in [6.45, 7) is 0.649. The lowest BCUT2D eigenvalue weighted by Crippen LogP contribution is -2.39. The zero-order valence-corrected chi connectivity index (χ0v) is 13.8. The van der Waals surface area contributed by atoms with Crippen LogP contribution in [0.4, 0.5) is 0 Å². The number of nitrogens with two attached hydrogens (primary N) is 1. The molecule has 1 saturated carbocycles. The maximum absolute atomic E-state index is 6.13. The highest BCUT2D eigenvalue weighted by molar-refractivity contribution is 9.10. The Morgan fingerprint density at radius 1 is 1.50 bits per heavy atom. The first-order valence-electron chi connectivity index (χ1n) is 6.50. The summed E-state index contributed by atoms with van der Waals surface area (Å²) in [5.41, 5.74) is 5.98. The van der Waals surface area contributed by atoms with Crippen molar-refractivity contribution in [1.82, 2.24) is 4.90 Å². The van der Waals surface area contributed by atoms with E-state index in [0.29, 0.717) is 18.6 Å². The summed E-state index contributed by atoms with van der Waals surface area (Å²) in [6, 6.07) is 3.08. The summed E-state index contributed by atoms with van der Waals surface area (Å²) in [4.78, 5) is 3.72. The molecule has 1 aromatic rings. The van der Waals surface area contributed by atoms with Crippen LogP contribution in [0.2, 0.25) is 4.34 Å². The number of hydrogen-bond donors (Lipinski definition) is 1. The van der Waals surface area contributed by atoms with E-state index in [9.17, 15) is 0 Å². The molecule has 1 aliphatic rings. The molecule has 2 nitrogen and oxygen atoms in total. The van der Waals surface area contributed by atoms with Crippen molar-refractivity contribution in [3.63, 3.8) is 0 Å². The molecule has 1 fully saturated rings. The average Bonchev–Trinajstić information content (AvgIpc) is 2.71. The lowest BCUT2D eigenvalue weighted by atomic mass is 9.93. The fraction of sp³-hybridized carbons (Fsp3) is 0.692. The number of likely N-dealkylation sites (N-methyl/N-ethyl adjacent to an activating group) is 1. The highest BCUT2D eigenvalue weighted by Gasteiger charge is 2.26. The van der Waals surface area contributed by atoms with Crippen molar-refractivity contribution in [3.8, 4) is 0 Å². The van der Waals surface area contributed by atoms with Gasteiger partial charge in [0.05, 0.1) is 6.04 Å². The van der Waals surface area contributed by atoms with E-state index in [1.807, 2.05) is 0 Å². The average molecular weight is 352 g/mol. The third-order valence-electron chi connectivity index (χ3n) is 3.86. The van der Waals surface area contributed by atoms with Crippen LogP contribution in [0.5, 0.6) is 0 Å². The first-order chi connectivity index (χ1) is 8.63. The number of nitrogens with zero attached hydrogens (tertiary/aromatic N) is 1. The van der Waals surface area contributed by atoms with E-state index in [1.54, 1.807) is 11.3 Å².